The number of pyridine rings is 1. The Morgan fingerprint density at radius 2 is 1.76 bits per heavy atom. The average molecular weight is 593 g/mol. The number of piperidine rings is 1. The Balaban J connectivity index is 1.63. The second-order valence-electron chi connectivity index (χ2n) is 10.2. The van der Waals surface area contributed by atoms with Crippen LogP contribution in [0.25, 0.3) is 0 Å². The lowest BCUT2D eigenvalue weighted by atomic mass is 9.95. The number of nitrogens with zero attached hydrogens (tertiary/aromatic N) is 2. The smallest absolute Gasteiger partial charge is 0.335 e. The number of ether oxygens (including phenoxy) is 2. The van der Waals surface area contributed by atoms with E-state index in [4.69, 9.17) is 21.1 Å². The summed E-state index contributed by atoms with van der Waals surface area (Å²) in [5, 5.41) is 45.8. The fourth-order valence-electron chi connectivity index (χ4n) is 4.76. The van der Waals surface area contributed by atoms with Gasteiger partial charge in [0.1, 0.15) is 29.9 Å². The highest BCUT2D eigenvalue weighted by molar-refractivity contribution is 6.30. The number of carbonyl (C=O) groups is 3. The van der Waals surface area contributed by atoms with E-state index < -0.39 is 42.6 Å². The number of carboxylic acids is 1. The normalized spacial score (nSPS) is 25.5. The number of aliphatic hydroxyl groups excluding tert-OH is 3. The summed E-state index contributed by atoms with van der Waals surface area (Å²) in [7, 11) is 0. The predicted molar refractivity (Wildman–Crippen MR) is 147 cm³/mol. The van der Waals surface area contributed by atoms with Crippen LogP contribution in [0.5, 0.6) is 5.75 Å². The van der Waals surface area contributed by atoms with Gasteiger partial charge in [0.15, 0.2) is 6.10 Å². The number of nitrogens with one attached hydrogen (secondary N) is 2. The summed E-state index contributed by atoms with van der Waals surface area (Å²) in [6.45, 7) is 5.62. The van der Waals surface area contributed by atoms with Crippen molar-refractivity contribution in [1.82, 2.24) is 9.88 Å². The minimum atomic E-state index is -1.91. The molecule has 0 saturated carbocycles. The number of hydrogen-bond acceptors (Lipinski definition) is 10. The number of amides is 2. The van der Waals surface area contributed by atoms with Crippen LogP contribution >= 0.6 is 11.6 Å². The van der Waals surface area contributed by atoms with Gasteiger partial charge in [-0.1, -0.05) is 17.7 Å². The highest BCUT2D eigenvalue weighted by Gasteiger charge is 2.48. The summed E-state index contributed by atoms with van der Waals surface area (Å²) >= 11 is 5.88. The molecule has 222 valence electrons. The van der Waals surface area contributed by atoms with Crippen molar-refractivity contribution in [2.45, 2.75) is 63.4 Å². The van der Waals surface area contributed by atoms with Crippen LogP contribution in [0.1, 0.15) is 37.0 Å². The quantitative estimate of drug-likeness (QED) is 0.259. The topological polar surface area (TPSA) is 191 Å². The molecule has 3 heterocycles. The van der Waals surface area contributed by atoms with Gasteiger partial charge in [0, 0.05) is 18.2 Å². The summed E-state index contributed by atoms with van der Waals surface area (Å²) < 4.78 is 11.0. The summed E-state index contributed by atoms with van der Waals surface area (Å²) in [4.78, 5) is 44.6. The first kappa shape index (κ1) is 30.6. The van der Waals surface area contributed by atoms with Crippen molar-refractivity contribution in [3.63, 3.8) is 0 Å². The van der Waals surface area contributed by atoms with Crippen molar-refractivity contribution in [1.29, 1.82) is 0 Å². The number of aliphatic carboxylic acids is 1. The van der Waals surface area contributed by atoms with E-state index in [1.165, 1.54) is 36.5 Å². The van der Waals surface area contributed by atoms with Gasteiger partial charge in [0.25, 0.3) is 5.91 Å². The molecule has 13 nitrogen and oxygen atoms in total. The molecule has 1 aromatic carbocycles. The van der Waals surface area contributed by atoms with Crippen LogP contribution in [0.15, 0.2) is 36.5 Å². The monoisotopic (exact) mass is 592 g/mol. The fraction of sp³-hybridized carbons (Fsp3) is 0.481. The van der Waals surface area contributed by atoms with E-state index >= 15 is 0 Å². The summed E-state index contributed by atoms with van der Waals surface area (Å²) in [5.41, 5.74) is -0.0774. The van der Waals surface area contributed by atoms with E-state index in [0.717, 1.165) is 13.1 Å². The van der Waals surface area contributed by atoms with Crippen molar-refractivity contribution in [3.8, 4) is 5.75 Å². The number of aliphatic hydroxyl groups is 3. The van der Waals surface area contributed by atoms with Gasteiger partial charge in [-0.25, -0.2) is 9.78 Å². The largest absolute Gasteiger partial charge is 0.479 e. The Bertz CT molecular complexity index is 1250. The van der Waals surface area contributed by atoms with Crippen LogP contribution in [0.4, 0.5) is 11.5 Å². The Kier molecular flexibility index (Phi) is 9.79. The third kappa shape index (κ3) is 7.12. The molecule has 14 heteroatoms. The molecule has 0 unspecified atom stereocenters. The van der Waals surface area contributed by atoms with Crippen LogP contribution in [0, 0.1) is 5.92 Å². The van der Waals surface area contributed by atoms with Gasteiger partial charge in [-0.15, -0.1) is 0 Å². The van der Waals surface area contributed by atoms with Gasteiger partial charge in [0.2, 0.25) is 12.2 Å². The summed E-state index contributed by atoms with van der Waals surface area (Å²) in [5.74, 6) is -2.88. The van der Waals surface area contributed by atoms with E-state index in [2.05, 4.69) is 34.4 Å². The van der Waals surface area contributed by atoms with Gasteiger partial charge in [-0.05, 0) is 64.0 Å². The first-order valence-corrected chi connectivity index (χ1v) is 13.5. The molecule has 2 aromatic rings. The number of carboxylic acid groups (broad SMARTS) is 1. The lowest BCUT2D eigenvalue weighted by Crippen LogP contribution is -2.61. The predicted octanol–water partition coefficient (Wildman–Crippen LogP) is 1.32. The van der Waals surface area contributed by atoms with Crippen LogP contribution in [0.3, 0.4) is 0 Å². The molecule has 2 fully saturated rings. The molecular weight excluding hydrogens is 560 g/mol. The third-order valence-corrected chi connectivity index (χ3v) is 7.40. The molecule has 0 aliphatic carbocycles. The second kappa shape index (κ2) is 13.1. The zero-order valence-electron chi connectivity index (χ0n) is 22.4. The lowest BCUT2D eigenvalue weighted by Gasteiger charge is -2.38. The molecule has 2 amide bonds. The number of benzene rings is 1. The molecule has 0 bridgehead atoms. The van der Waals surface area contributed by atoms with Crippen LogP contribution in [-0.2, 0) is 14.3 Å². The highest BCUT2D eigenvalue weighted by atomic mass is 35.5. The van der Waals surface area contributed by atoms with E-state index in [1.54, 1.807) is 0 Å². The van der Waals surface area contributed by atoms with Crippen molar-refractivity contribution < 1.29 is 44.3 Å². The van der Waals surface area contributed by atoms with Gasteiger partial charge < -0.3 is 45.4 Å². The van der Waals surface area contributed by atoms with Gasteiger partial charge >= 0.3 is 5.97 Å². The SMILES string of the molecule is CC(C)N1CCC(C(=O)Nc2c(O[C@@H]3O[C@H](C(=O)O)[C@@H](O)[C@H](O)[C@H]3O)cccc2C(=O)Nc2ccc(Cl)cn2)CC1. The van der Waals surface area contributed by atoms with Crippen molar-refractivity contribution >= 4 is 40.9 Å². The van der Waals surface area contributed by atoms with Crippen LogP contribution in [0.2, 0.25) is 5.02 Å². The second-order valence-corrected chi connectivity index (χ2v) is 10.7. The number of anilines is 2. The number of carbonyl (C=O) groups excluding carboxylic acids is 2. The molecule has 5 atom stereocenters. The molecule has 41 heavy (non-hydrogen) atoms. The number of halogens is 1. The first-order valence-electron chi connectivity index (χ1n) is 13.2. The fourth-order valence-corrected chi connectivity index (χ4v) is 4.87. The molecular formula is C27H33ClN4O9. The standard InChI is InChI=1S/C27H33ClN4O9/c1-13(2)32-10-8-14(9-11-32)24(36)31-19-16(25(37)30-18-7-6-15(28)12-29-18)4-3-5-17(19)40-27-22(35)20(33)21(34)23(41-27)26(38)39/h3-7,12-14,20-23,27,33-35H,8-11H2,1-2H3,(H,31,36)(H,38,39)(H,29,30,37)/t20-,21-,22+,23-,27+/m0/s1. The maximum Gasteiger partial charge on any atom is 0.335 e. The van der Waals surface area contributed by atoms with Crippen molar-refractivity contribution in [3.05, 3.63) is 47.1 Å². The van der Waals surface area contributed by atoms with Crippen LogP contribution in [-0.4, -0.2) is 97.9 Å². The number of aromatic nitrogens is 1. The lowest BCUT2D eigenvalue weighted by molar-refractivity contribution is -0.271. The molecule has 2 aliphatic heterocycles. The van der Waals surface area contributed by atoms with E-state index in [9.17, 15) is 34.8 Å². The summed E-state index contributed by atoms with van der Waals surface area (Å²) in [6.07, 6.45) is -6.77. The Morgan fingerprint density at radius 3 is 2.37 bits per heavy atom. The molecule has 1 aromatic heterocycles. The van der Waals surface area contributed by atoms with Gasteiger partial charge in [-0.2, -0.15) is 0 Å². The zero-order valence-corrected chi connectivity index (χ0v) is 23.2. The third-order valence-electron chi connectivity index (χ3n) is 7.17. The Hall–Kier alpha value is -3.33. The number of hydrogen-bond donors (Lipinski definition) is 6. The maximum atomic E-state index is 13.4. The first-order chi connectivity index (χ1) is 19.5. The minimum Gasteiger partial charge on any atom is -0.479 e. The molecule has 2 aliphatic rings. The minimum absolute atomic E-state index is 0.0205. The van der Waals surface area contributed by atoms with E-state index in [0.29, 0.717) is 23.9 Å². The molecule has 0 spiro atoms. The Labute approximate surface area is 241 Å². The van der Waals surface area contributed by atoms with E-state index in [1.807, 2.05) is 0 Å². The number of para-hydroxylation sites is 1. The zero-order chi connectivity index (χ0) is 29.8. The van der Waals surface area contributed by atoms with Crippen LogP contribution < -0.4 is 15.4 Å². The van der Waals surface area contributed by atoms with Gasteiger partial charge in [-0.3, -0.25) is 9.59 Å². The number of likely N-dealkylation sites (tertiary alicyclic amines) is 1. The van der Waals surface area contributed by atoms with Crippen molar-refractivity contribution in [2.24, 2.45) is 5.92 Å². The van der Waals surface area contributed by atoms with Crippen molar-refractivity contribution in [2.75, 3.05) is 23.7 Å². The molecule has 0 radical (unpaired) electrons. The maximum absolute atomic E-state index is 13.4. The average Bonchev–Trinajstić information content (AvgIpc) is 2.95. The Morgan fingerprint density at radius 1 is 1.05 bits per heavy atom. The summed E-state index contributed by atoms with van der Waals surface area (Å²) in [6, 6.07) is 7.65. The highest BCUT2D eigenvalue weighted by Crippen LogP contribution is 2.34. The van der Waals surface area contributed by atoms with Gasteiger partial charge in [0.05, 0.1) is 16.3 Å². The van der Waals surface area contributed by atoms with E-state index in [-0.39, 0.29) is 34.6 Å². The number of rotatable bonds is 8. The molecule has 2 saturated heterocycles. The molecule has 6 N–H and O–H groups in total. The molecule has 4 rings (SSSR count).